The lowest BCUT2D eigenvalue weighted by atomic mass is 10.3. The maximum absolute atomic E-state index is 12.2. The van der Waals surface area contributed by atoms with Gasteiger partial charge < -0.3 is 10.6 Å². The number of hydrogen-bond acceptors (Lipinski definition) is 2. The molecule has 0 spiro atoms. The average Bonchev–Trinajstić information content (AvgIpc) is 2.01. The Morgan fingerprint density at radius 1 is 1.46 bits per heavy atom. The molecule has 3 nitrogen and oxygen atoms in total. The number of hydrogen-bond donors (Lipinski definition) is 2. The zero-order valence-corrected chi connectivity index (χ0v) is 6.91. The standard InChI is InChI=1S/C6H10F4N2O/c1-11-2-4(13)12-3-6(9,10)5(7)8/h5,11H,2-3H2,1H3,(H,12,13). The lowest BCUT2D eigenvalue weighted by molar-refractivity contribution is -0.135. The van der Waals surface area contributed by atoms with Gasteiger partial charge in [-0.05, 0) is 7.05 Å². The first kappa shape index (κ1) is 12.2. The molecule has 0 unspecified atom stereocenters. The van der Waals surface area contributed by atoms with E-state index in [0.717, 1.165) is 0 Å². The van der Waals surface area contributed by atoms with Gasteiger partial charge in [0.05, 0.1) is 13.1 Å². The molecule has 0 aromatic rings. The van der Waals surface area contributed by atoms with Crippen LogP contribution in [0, 0.1) is 0 Å². The summed E-state index contributed by atoms with van der Waals surface area (Å²) in [5, 5.41) is 4.06. The first-order valence-corrected chi connectivity index (χ1v) is 3.47. The smallest absolute Gasteiger partial charge is 0.324 e. The van der Waals surface area contributed by atoms with Crippen molar-refractivity contribution >= 4 is 5.91 Å². The van der Waals surface area contributed by atoms with Crippen molar-refractivity contribution in [3.8, 4) is 0 Å². The third kappa shape index (κ3) is 4.66. The molecule has 0 fully saturated rings. The number of likely N-dealkylation sites (N-methyl/N-ethyl adjacent to an activating group) is 1. The number of carbonyl (C=O) groups excluding carboxylic acids is 1. The van der Waals surface area contributed by atoms with Crippen molar-refractivity contribution in [1.82, 2.24) is 10.6 Å². The Labute approximate surface area is 72.5 Å². The fourth-order valence-electron chi connectivity index (χ4n) is 0.517. The molecular weight excluding hydrogens is 192 g/mol. The number of alkyl halides is 4. The van der Waals surface area contributed by atoms with Gasteiger partial charge in [-0.2, -0.15) is 8.78 Å². The van der Waals surface area contributed by atoms with E-state index in [1.807, 2.05) is 0 Å². The Kier molecular flexibility index (Phi) is 4.68. The quantitative estimate of drug-likeness (QED) is 0.626. The summed E-state index contributed by atoms with van der Waals surface area (Å²) in [5.41, 5.74) is 0. The molecule has 0 aliphatic rings. The van der Waals surface area contributed by atoms with E-state index in [4.69, 9.17) is 0 Å². The van der Waals surface area contributed by atoms with Crippen LogP contribution in [0.5, 0.6) is 0 Å². The lowest BCUT2D eigenvalue weighted by Crippen LogP contribution is -2.43. The number of rotatable bonds is 5. The second-order valence-electron chi connectivity index (χ2n) is 2.37. The molecular formula is C6H10F4N2O. The number of carbonyl (C=O) groups is 1. The van der Waals surface area contributed by atoms with Crippen molar-refractivity contribution < 1.29 is 22.4 Å². The van der Waals surface area contributed by atoms with E-state index in [-0.39, 0.29) is 6.54 Å². The molecule has 78 valence electrons. The van der Waals surface area contributed by atoms with Crippen LogP contribution >= 0.6 is 0 Å². The third-order valence-corrected chi connectivity index (χ3v) is 1.18. The molecule has 0 bridgehead atoms. The average molecular weight is 202 g/mol. The van der Waals surface area contributed by atoms with Gasteiger partial charge in [0, 0.05) is 0 Å². The Balaban J connectivity index is 3.81. The second-order valence-corrected chi connectivity index (χ2v) is 2.37. The van der Waals surface area contributed by atoms with Crippen molar-refractivity contribution in [3.63, 3.8) is 0 Å². The summed E-state index contributed by atoms with van der Waals surface area (Å²) in [5.74, 6) is -4.91. The van der Waals surface area contributed by atoms with E-state index in [1.54, 1.807) is 5.32 Å². The van der Waals surface area contributed by atoms with E-state index in [2.05, 4.69) is 5.32 Å². The molecule has 7 heteroatoms. The molecule has 13 heavy (non-hydrogen) atoms. The van der Waals surface area contributed by atoms with E-state index in [1.165, 1.54) is 7.05 Å². The van der Waals surface area contributed by atoms with Crippen LogP contribution in [-0.2, 0) is 4.79 Å². The summed E-state index contributed by atoms with van der Waals surface area (Å²) in [6.45, 7) is -1.52. The molecule has 0 aliphatic heterocycles. The molecule has 0 aromatic carbocycles. The van der Waals surface area contributed by atoms with Crippen molar-refractivity contribution in [1.29, 1.82) is 0 Å². The predicted octanol–water partition coefficient (Wildman–Crippen LogP) is 0.222. The summed E-state index contributed by atoms with van der Waals surface area (Å²) in [7, 11) is 1.44. The van der Waals surface area contributed by atoms with Crippen molar-refractivity contribution in [3.05, 3.63) is 0 Å². The number of halogens is 4. The Bertz CT molecular complexity index is 174. The van der Waals surface area contributed by atoms with Crippen molar-refractivity contribution in [2.24, 2.45) is 0 Å². The Morgan fingerprint density at radius 3 is 2.38 bits per heavy atom. The van der Waals surface area contributed by atoms with Gasteiger partial charge in [0.25, 0.3) is 0 Å². The minimum absolute atomic E-state index is 0.181. The predicted molar refractivity (Wildman–Crippen MR) is 37.9 cm³/mol. The molecule has 0 saturated heterocycles. The molecule has 0 aromatic heterocycles. The monoisotopic (exact) mass is 202 g/mol. The number of amides is 1. The van der Waals surface area contributed by atoms with Crippen LogP contribution in [0.15, 0.2) is 0 Å². The van der Waals surface area contributed by atoms with Gasteiger partial charge in [0.2, 0.25) is 5.91 Å². The molecule has 0 radical (unpaired) electrons. The van der Waals surface area contributed by atoms with Crippen molar-refractivity contribution in [2.45, 2.75) is 12.3 Å². The van der Waals surface area contributed by atoms with Gasteiger partial charge in [-0.15, -0.1) is 0 Å². The highest BCUT2D eigenvalue weighted by atomic mass is 19.3. The van der Waals surface area contributed by atoms with Crippen molar-refractivity contribution in [2.75, 3.05) is 20.1 Å². The normalized spacial score (nSPS) is 11.8. The van der Waals surface area contributed by atoms with E-state index in [9.17, 15) is 22.4 Å². The van der Waals surface area contributed by atoms with Gasteiger partial charge in [0.15, 0.2) is 0 Å². The van der Waals surface area contributed by atoms with Gasteiger partial charge in [-0.25, -0.2) is 8.78 Å². The summed E-state index contributed by atoms with van der Waals surface area (Å²) < 4.78 is 47.4. The maximum Gasteiger partial charge on any atom is 0.324 e. The minimum atomic E-state index is -4.16. The molecule has 0 rings (SSSR count). The SMILES string of the molecule is CNCC(=O)NCC(F)(F)C(F)F. The second kappa shape index (κ2) is 5.00. The molecule has 1 amide bonds. The van der Waals surface area contributed by atoms with Gasteiger partial charge in [0.1, 0.15) is 0 Å². The molecule has 2 N–H and O–H groups in total. The summed E-state index contributed by atoms with van der Waals surface area (Å²) in [6, 6.07) is 0. The highest BCUT2D eigenvalue weighted by molar-refractivity contribution is 5.77. The fourth-order valence-corrected chi connectivity index (χ4v) is 0.517. The molecule has 0 saturated carbocycles. The summed E-state index contributed by atoms with van der Waals surface area (Å²) in [4.78, 5) is 10.6. The molecule has 0 aliphatic carbocycles. The van der Waals surface area contributed by atoms with Gasteiger partial charge >= 0.3 is 12.3 Å². The van der Waals surface area contributed by atoms with Crippen LogP contribution < -0.4 is 10.6 Å². The molecule has 0 atom stereocenters. The van der Waals surface area contributed by atoms with E-state index >= 15 is 0 Å². The fraction of sp³-hybridized carbons (Fsp3) is 0.833. The van der Waals surface area contributed by atoms with Crippen LogP contribution in [0.1, 0.15) is 0 Å². The van der Waals surface area contributed by atoms with Crippen LogP contribution in [0.2, 0.25) is 0 Å². The first-order valence-electron chi connectivity index (χ1n) is 3.47. The Hall–Kier alpha value is -0.850. The van der Waals surface area contributed by atoms with Gasteiger partial charge in [-0.1, -0.05) is 0 Å². The van der Waals surface area contributed by atoms with E-state index in [0.29, 0.717) is 0 Å². The lowest BCUT2D eigenvalue weighted by Gasteiger charge is -2.15. The highest BCUT2D eigenvalue weighted by Gasteiger charge is 2.40. The van der Waals surface area contributed by atoms with Crippen LogP contribution in [0.4, 0.5) is 17.6 Å². The van der Waals surface area contributed by atoms with Crippen LogP contribution in [-0.4, -0.2) is 38.4 Å². The third-order valence-electron chi connectivity index (χ3n) is 1.18. The summed E-state index contributed by atoms with van der Waals surface area (Å²) in [6.07, 6.45) is -3.76. The first-order chi connectivity index (χ1) is 5.90. The van der Waals surface area contributed by atoms with Crippen LogP contribution in [0.3, 0.4) is 0 Å². The number of nitrogens with one attached hydrogen (secondary N) is 2. The topological polar surface area (TPSA) is 41.1 Å². The largest absolute Gasteiger partial charge is 0.349 e. The molecule has 0 heterocycles. The highest BCUT2D eigenvalue weighted by Crippen LogP contribution is 2.21. The van der Waals surface area contributed by atoms with Gasteiger partial charge in [-0.3, -0.25) is 4.79 Å². The maximum atomic E-state index is 12.2. The zero-order valence-electron chi connectivity index (χ0n) is 6.91. The van der Waals surface area contributed by atoms with E-state index < -0.39 is 24.8 Å². The Morgan fingerprint density at radius 2 is 2.00 bits per heavy atom. The summed E-state index contributed by atoms with van der Waals surface area (Å²) >= 11 is 0. The zero-order chi connectivity index (χ0) is 10.5. The minimum Gasteiger partial charge on any atom is -0.349 e. The van der Waals surface area contributed by atoms with Crippen LogP contribution in [0.25, 0.3) is 0 Å².